The van der Waals surface area contributed by atoms with Gasteiger partial charge in [-0.1, -0.05) is 41.4 Å². The standard InChI is InChI=1S/C15H14Cl2N2OS/c16-11-5-6-14(13(18)7-11)21-9-15(20)19-8-10-3-1-2-4-12(10)17/h1-7H,8-9,18H2,(H,19,20). The summed E-state index contributed by atoms with van der Waals surface area (Å²) in [6, 6.07) is 12.7. The largest absolute Gasteiger partial charge is 0.398 e. The molecule has 0 aliphatic carbocycles. The molecule has 2 aromatic rings. The van der Waals surface area contributed by atoms with Gasteiger partial charge >= 0.3 is 0 Å². The monoisotopic (exact) mass is 340 g/mol. The van der Waals surface area contributed by atoms with Gasteiger partial charge in [0.2, 0.25) is 5.91 Å². The van der Waals surface area contributed by atoms with Crippen LogP contribution in [-0.2, 0) is 11.3 Å². The lowest BCUT2D eigenvalue weighted by atomic mass is 10.2. The van der Waals surface area contributed by atoms with Gasteiger partial charge in [-0.05, 0) is 29.8 Å². The minimum Gasteiger partial charge on any atom is -0.398 e. The van der Waals surface area contributed by atoms with Gasteiger partial charge in [0.05, 0.1) is 5.75 Å². The number of anilines is 1. The highest BCUT2D eigenvalue weighted by Crippen LogP contribution is 2.27. The third kappa shape index (κ3) is 4.84. The lowest BCUT2D eigenvalue weighted by molar-refractivity contribution is -0.118. The van der Waals surface area contributed by atoms with E-state index in [-0.39, 0.29) is 11.7 Å². The molecule has 0 aliphatic rings. The van der Waals surface area contributed by atoms with Gasteiger partial charge in [0.1, 0.15) is 0 Å². The quantitative estimate of drug-likeness (QED) is 0.639. The number of amides is 1. The molecule has 0 atom stereocenters. The molecule has 110 valence electrons. The Labute approximate surface area is 137 Å². The van der Waals surface area contributed by atoms with E-state index in [2.05, 4.69) is 5.32 Å². The van der Waals surface area contributed by atoms with E-state index in [0.29, 0.717) is 22.3 Å². The third-order valence-electron chi connectivity index (χ3n) is 2.76. The zero-order chi connectivity index (χ0) is 15.2. The summed E-state index contributed by atoms with van der Waals surface area (Å²) >= 11 is 13.2. The second-order valence-corrected chi connectivity index (χ2v) is 6.20. The minimum atomic E-state index is -0.0748. The molecule has 0 saturated carbocycles. The summed E-state index contributed by atoms with van der Waals surface area (Å²) in [7, 11) is 0. The lowest BCUT2D eigenvalue weighted by Crippen LogP contribution is -2.24. The van der Waals surface area contributed by atoms with Gasteiger partial charge in [-0.2, -0.15) is 0 Å². The number of rotatable bonds is 5. The molecule has 0 unspecified atom stereocenters. The first-order valence-corrected chi connectivity index (χ1v) is 7.98. The van der Waals surface area contributed by atoms with E-state index in [1.165, 1.54) is 11.8 Å². The molecule has 21 heavy (non-hydrogen) atoms. The molecule has 0 radical (unpaired) electrons. The molecule has 0 heterocycles. The molecular formula is C15H14Cl2N2OS. The van der Waals surface area contributed by atoms with Gasteiger partial charge in [0, 0.05) is 27.2 Å². The highest BCUT2D eigenvalue weighted by Gasteiger charge is 2.07. The molecule has 1 amide bonds. The smallest absolute Gasteiger partial charge is 0.230 e. The Morgan fingerprint density at radius 1 is 1.19 bits per heavy atom. The molecule has 0 saturated heterocycles. The average molecular weight is 341 g/mol. The van der Waals surface area contributed by atoms with Crippen LogP contribution in [0.1, 0.15) is 5.56 Å². The molecule has 2 rings (SSSR count). The van der Waals surface area contributed by atoms with Gasteiger partial charge in [-0.3, -0.25) is 4.79 Å². The van der Waals surface area contributed by atoms with Crippen molar-refractivity contribution in [3.05, 3.63) is 58.1 Å². The first-order chi connectivity index (χ1) is 10.1. The van der Waals surface area contributed by atoms with Crippen LogP contribution in [0.25, 0.3) is 0 Å². The number of thioether (sulfide) groups is 1. The van der Waals surface area contributed by atoms with E-state index in [1.54, 1.807) is 18.2 Å². The summed E-state index contributed by atoms with van der Waals surface area (Å²) in [6.07, 6.45) is 0. The number of nitrogens with one attached hydrogen (secondary N) is 1. The number of carbonyl (C=O) groups excluding carboxylic acids is 1. The molecule has 0 aromatic heterocycles. The van der Waals surface area contributed by atoms with Crippen LogP contribution >= 0.6 is 35.0 Å². The average Bonchev–Trinajstić information content (AvgIpc) is 2.45. The van der Waals surface area contributed by atoms with Crippen molar-refractivity contribution in [2.24, 2.45) is 0 Å². The van der Waals surface area contributed by atoms with Crippen LogP contribution in [-0.4, -0.2) is 11.7 Å². The van der Waals surface area contributed by atoms with Crippen LogP contribution < -0.4 is 11.1 Å². The number of hydrogen-bond donors (Lipinski definition) is 2. The molecule has 3 nitrogen and oxygen atoms in total. The van der Waals surface area contributed by atoms with Crippen molar-refractivity contribution in [2.75, 3.05) is 11.5 Å². The van der Waals surface area contributed by atoms with Crippen LogP contribution in [0.2, 0.25) is 10.0 Å². The number of hydrogen-bond acceptors (Lipinski definition) is 3. The van der Waals surface area contributed by atoms with Gasteiger partial charge in [-0.25, -0.2) is 0 Å². The fourth-order valence-corrected chi connectivity index (χ4v) is 2.84. The van der Waals surface area contributed by atoms with E-state index in [9.17, 15) is 4.79 Å². The highest BCUT2D eigenvalue weighted by molar-refractivity contribution is 8.00. The number of halogens is 2. The Hall–Kier alpha value is -1.36. The summed E-state index contributed by atoms with van der Waals surface area (Å²) in [6.45, 7) is 0.412. The summed E-state index contributed by atoms with van der Waals surface area (Å²) in [4.78, 5) is 12.7. The van der Waals surface area contributed by atoms with Crippen LogP contribution in [0, 0.1) is 0 Å². The van der Waals surface area contributed by atoms with Crippen molar-refractivity contribution >= 4 is 46.6 Å². The molecule has 0 bridgehead atoms. The Morgan fingerprint density at radius 2 is 1.95 bits per heavy atom. The fraction of sp³-hybridized carbons (Fsp3) is 0.133. The predicted octanol–water partition coefficient (Wildman–Crippen LogP) is 3.98. The Balaban J connectivity index is 1.84. The zero-order valence-electron chi connectivity index (χ0n) is 11.1. The first kappa shape index (κ1) is 16.0. The van der Waals surface area contributed by atoms with Crippen molar-refractivity contribution in [1.29, 1.82) is 0 Å². The predicted molar refractivity (Wildman–Crippen MR) is 89.9 cm³/mol. The van der Waals surface area contributed by atoms with Crippen LogP contribution in [0.4, 0.5) is 5.69 Å². The summed E-state index contributed by atoms with van der Waals surface area (Å²) in [5.74, 6) is 0.213. The molecule has 3 N–H and O–H groups in total. The Morgan fingerprint density at radius 3 is 2.67 bits per heavy atom. The maximum atomic E-state index is 11.8. The number of nitrogens with two attached hydrogens (primary N) is 1. The fourth-order valence-electron chi connectivity index (χ4n) is 1.68. The first-order valence-electron chi connectivity index (χ1n) is 6.24. The Bertz CT molecular complexity index is 649. The topological polar surface area (TPSA) is 55.1 Å². The molecular weight excluding hydrogens is 327 g/mol. The van der Waals surface area contributed by atoms with Crippen molar-refractivity contribution in [3.63, 3.8) is 0 Å². The lowest BCUT2D eigenvalue weighted by Gasteiger charge is -2.08. The van der Waals surface area contributed by atoms with Crippen LogP contribution in [0.3, 0.4) is 0 Å². The summed E-state index contributed by atoms with van der Waals surface area (Å²) in [5.41, 5.74) is 7.31. The molecule has 2 aromatic carbocycles. The maximum absolute atomic E-state index is 11.8. The van der Waals surface area contributed by atoms with Gasteiger partial charge in [0.25, 0.3) is 0 Å². The van der Waals surface area contributed by atoms with Crippen molar-refractivity contribution in [2.45, 2.75) is 11.4 Å². The zero-order valence-corrected chi connectivity index (χ0v) is 13.4. The summed E-state index contributed by atoms with van der Waals surface area (Å²) in [5, 5.41) is 4.06. The second kappa shape index (κ2) is 7.59. The van der Waals surface area contributed by atoms with Crippen molar-refractivity contribution < 1.29 is 4.79 Å². The number of nitrogen functional groups attached to an aromatic ring is 1. The second-order valence-electron chi connectivity index (χ2n) is 4.34. The SMILES string of the molecule is Nc1cc(Cl)ccc1SCC(=O)NCc1ccccc1Cl. The highest BCUT2D eigenvalue weighted by atomic mass is 35.5. The normalized spacial score (nSPS) is 10.4. The van der Waals surface area contributed by atoms with Crippen molar-refractivity contribution in [3.8, 4) is 0 Å². The Kier molecular flexibility index (Phi) is 5.79. The van der Waals surface area contributed by atoms with Gasteiger partial charge < -0.3 is 11.1 Å². The van der Waals surface area contributed by atoms with Gasteiger partial charge in [0.15, 0.2) is 0 Å². The molecule has 0 aliphatic heterocycles. The summed E-state index contributed by atoms with van der Waals surface area (Å²) < 4.78 is 0. The molecule has 0 spiro atoms. The van der Waals surface area contributed by atoms with E-state index in [0.717, 1.165) is 10.5 Å². The van der Waals surface area contributed by atoms with Gasteiger partial charge in [-0.15, -0.1) is 11.8 Å². The van der Waals surface area contributed by atoms with E-state index in [1.807, 2.05) is 24.3 Å². The van der Waals surface area contributed by atoms with Crippen LogP contribution in [0.5, 0.6) is 0 Å². The number of carbonyl (C=O) groups is 1. The maximum Gasteiger partial charge on any atom is 0.230 e. The molecule has 0 fully saturated rings. The van der Waals surface area contributed by atoms with E-state index < -0.39 is 0 Å². The van der Waals surface area contributed by atoms with Crippen molar-refractivity contribution in [1.82, 2.24) is 5.32 Å². The van der Waals surface area contributed by atoms with E-state index >= 15 is 0 Å². The van der Waals surface area contributed by atoms with Crippen LogP contribution in [0.15, 0.2) is 47.4 Å². The number of benzene rings is 2. The van der Waals surface area contributed by atoms with E-state index in [4.69, 9.17) is 28.9 Å². The molecule has 6 heteroatoms. The third-order valence-corrected chi connectivity index (χ3v) is 4.46. The minimum absolute atomic E-state index is 0.0748.